The summed E-state index contributed by atoms with van der Waals surface area (Å²) >= 11 is 0. The summed E-state index contributed by atoms with van der Waals surface area (Å²) in [4.78, 5) is 26.7. The van der Waals surface area contributed by atoms with Crippen molar-refractivity contribution >= 4 is 17.5 Å². The van der Waals surface area contributed by atoms with E-state index in [1.165, 1.54) is 0 Å². The number of carbonyl (C=O) groups excluding carboxylic acids is 2. The van der Waals surface area contributed by atoms with Crippen molar-refractivity contribution < 1.29 is 9.59 Å². The molecule has 0 aliphatic carbocycles. The van der Waals surface area contributed by atoms with Crippen LogP contribution in [0.4, 0.5) is 5.69 Å². The molecule has 5 heteroatoms. The van der Waals surface area contributed by atoms with E-state index in [2.05, 4.69) is 36.6 Å². The standard InChI is InChI=1S/C19H29N3O2/c1-5-14-8-7-9-15(6-2)17(14)21-16(23)12-22-11-10-20-19(24)18(22)13(3)4/h7-9,13,18H,5-6,10-12H2,1-4H3,(H,20,24)(H,21,23). The van der Waals surface area contributed by atoms with E-state index in [1.54, 1.807) is 0 Å². The molecule has 24 heavy (non-hydrogen) atoms. The number of amides is 2. The van der Waals surface area contributed by atoms with Crippen LogP contribution in [0.15, 0.2) is 18.2 Å². The Morgan fingerprint density at radius 1 is 1.29 bits per heavy atom. The molecule has 0 saturated carbocycles. The summed E-state index contributed by atoms with van der Waals surface area (Å²) in [5.41, 5.74) is 3.24. The van der Waals surface area contributed by atoms with E-state index in [9.17, 15) is 9.59 Å². The quantitative estimate of drug-likeness (QED) is 0.840. The lowest BCUT2D eigenvalue weighted by atomic mass is 9.99. The van der Waals surface area contributed by atoms with Crippen LogP contribution in [-0.4, -0.2) is 42.4 Å². The predicted molar refractivity (Wildman–Crippen MR) is 97.0 cm³/mol. The lowest BCUT2D eigenvalue weighted by Gasteiger charge is -2.36. The van der Waals surface area contributed by atoms with Crippen LogP contribution in [0, 0.1) is 5.92 Å². The molecule has 1 atom stereocenters. The highest BCUT2D eigenvalue weighted by atomic mass is 16.2. The lowest BCUT2D eigenvalue weighted by molar-refractivity contribution is -0.132. The van der Waals surface area contributed by atoms with Crippen LogP contribution < -0.4 is 10.6 Å². The van der Waals surface area contributed by atoms with Crippen molar-refractivity contribution in [2.24, 2.45) is 5.92 Å². The minimum Gasteiger partial charge on any atom is -0.353 e. The second kappa shape index (κ2) is 8.29. The van der Waals surface area contributed by atoms with Gasteiger partial charge >= 0.3 is 0 Å². The van der Waals surface area contributed by atoms with Gasteiger partial charge in [0.2, 0.25) is 11.8 Å². The molecule has 1 unspecified atom stereocenters. The maximum Gasteiger partial charge on any atom is 0.238 e. The summed E-state index contributed by atoms with van der Waals surface area (Å²) in [6.07, 6.45) is 1.76. The molecule has 1 aromatic carbocycles. The van der Waals surface area contributed by atoms with Crippen molar-refractivity contribution in [1.82, 2.24) is 10.2 Å². The molecule has 5 nitrogen and oxygen atoms in total. The molecule has 1 aliphatic heterocycles. The highest BCUT2D eigenvalue weighted by Gasteiger charge is 2.33. The van der Waals surface area contributed by atoms with E-state index in [1.807, 2.05) is 24.8 Å². The zero-order valence-corrected chi connectivity index (χ0v) is 15.2. The maximum atomic E-state index is 12.6. The molecule has 1 heterocycles. The Labute approximate surface area is 144 Å². The van der Waals surface area contributed by atoms with Crippen LogP contribution in [-0.2, 0) is 22.4 Å². The summed E-state index contributed by atoms with van der Waals surface area (Å²) in [7, 11) is 0. The van der Waals surface area contributed by atoms with Gasteiger partial charge in [-0.15, -0.1) is 0 Å². The number of nitrogens with zero attached hydrogens (tertiary/aromatic N) is 1. The number of hydrogen-bond acceptors (Lipinski definition) is 3. The van der Waals surface area contributed by atoms with Crippen LogP contribution in [0.5, 0.6) is 0 Å². The van der Waals surface area contributed by atoms with Crippen LogP contribution >= 0.6 is 0 Å². The molecule has 132 valence electrons. The largest absolute Gasteiger partial charge is 0.353 e. The zero-order valence-electron chi connectivity index (χ0n) is 15.2. The van der Waals surface area contributed by atoms with E-state index in [0.29, 0.717) is 13.1 Å². The van der Waals surface area contributed by atoms with Gasteiger partial charge in [-0.3, -0.25) is 14.5 Å². The number of aryl methyl sites for hydroxylation is 2. The molecular weight excluding hydrogens is 302 g/mol. The Balaban J connectivity index is 2.12. The second-order valence-corrected chi connectivity index (χ2v) is 6.66. The molecule has 2 amide bonds. The van der Waals surface area contributed by atoms with Gasteiger partial charge in [-0.25, -0.2) is 0 Å². The normalized spacial score (nSPS) is 18.5. The highest BCUT2D eigenvalue weighted by molar-refractivity contribution is 5.94. The van der Waals surface area contributed by atoms with Crippen molar-refractivity contribution in [3.63, 3.8) is 0 Å². The van der Waals surface area contributed by atoms with Crippen molar-refractivity contribution in [3.05, 3.63) is 29.3 Å². The number of hydrogen-bond donors (Lipinski definition) is 2. The Bertz CT molecular complexity index is 576. The average Bonchev–Trinajstić information content (AvgIpc) is 2.54. The Hall–Kier alpha value is -1.88. The fourth-order valence-electron chi connectivity index (χ4n) is 3.40. The number of para-hydroxylation sites is 1. The Morgan fingerprint density at radius 2 is 1.92 bits per heavy atom. The topological polar surface area (TPSA) is 61.4 Å². The fourth-order valence-corrected chi connectivity index (χ4v) is 3.40. The monoisotopic (exact) mass is 331 g/mol. The molecule has 1 aliphatic rings. The van der Waals surface area contributed by atoms with Gasteiger partial charge in [0.05, 0.1) is 12.6 Å². The first-order valence-electron chi connectivity index (χ1n) is 8.90. The number of anilines is 1. The SMILES string of the molecule is CCc1cccc(CC)c1NC(=O)CN1CCNC(=O)C1C(C)C. The van der Waals surface area contributed by atoms with Crippen molar-refractivity contribution in [2.75, 3.05) is 25.0 Å². The van der Waals surface area contributed by atoms with E-state index in [4.69, 9.17) is 0 Å². The Kier molecular flexibility index (Phi) is 6.37. The van der Waals surface area contributed by atoms with Crippen molar-refractivity contribution in [2.45, 2.75) is 46.6 Å². The summed E-state index contributed by atoms with van der Waals surface area (Å²) < 4.78 is 0. The summed E-state index contributed by atoms with van der Waals surface area (Å²) in [5, 5.41) is 5.98. The minimum atomic E-state index is -0.239. The van der Waals surface area contributed by atoms with Crippen molar-refractivity contribution in [1.29, 1.82) is 0 Å². The predicted octanol–water partition coefficient (Wildman–Crippen LogP) is 2.21. The number of carbonyl (C=O) groups is 2. The molecule has 0 bridgehead atoms. The van der Waals surface area contributed by atoms with Gasteiger partial charge in [0, 0.05) is 18.8 Å². The van der Waals surface area contributed by atoms with Gasteiger partial charge < -0.3 is 10.6 Å². The van der Waals surface area contributed by atoms with Gasteiger partial charge in [-0.1, -0.05) is 45.9 Å². The third-order valence-electron chi connectivity index (χ3n) is 4.60. The number of benzene rings is 1. The van der Waals surface area contributed by atoms with E-state index in [0.717, 1.165) is 29.7 Å². The number of piperazine rings is 1. The van der Waals surface area contributed by atoms with E-state index < -0.39 is 0 Å². The molecule has 1 saturated heterocycles. The van der Waals surface area contributed by atoms with Gasteiger partial charge in [0.1, 0.15) is 0 Å². The molecule has 0 aromatic heterocycles. The minimum absolute atomic E-state index is 0.0206. The summed E-state index contributed by atoms with van der Waals surface area (Å²) in [5.74, 6) is 0.144. The van der Waals surface area contributed by atoms with Gasteiger partial charge in [0.15, 0.2) is 0 Å². The smallest absolute Gasteiger partial charge is 0.238 e. The van der Waals surface area contributed by atoms with Gasteiger partial charge in [-0.2, -0.15) is 0 Å². The highest BCUT2D eigenvalue weighted by Crippen LogP contribution is 2.23. The van der Waals surface area contributed by atoms with Crippen LogP contribution in [0.25, 0.3) is 0 Å². The third kappa shape index (κ3) is 4.15. The molecule has 2 rings (SSSR count). The first-order valence-corrected chi connectivity index (χ1v) is 8.90. The first kappa shape index (κ1) is 18.5. The summed E-state index contributed by atoms with van der Waals surface area (Å²) in [6.45, 7) is 9.77. The number of rotatable bonds is 6. The zero-order chi connectivity index (χ0) is 17.7. The van der Waals surface area contributed by atoms with E-state index >= 15 is 0 Å². The molecule has 1 fully saturated rings. The molecule has 2 N–H and O–H groups in total. The Morgan fingerprint density at radius 3 is 2.46 bits per heavy atom. The first-order chi connectivity index (χ1) is 11.5. The molecule has 0 spiro atoms. The average molecular weight is 331 g/mol. The number of nitrogens with one attached hydrogen (secondary N) is 2. The van der Waals surface area contributed by atoms with Crippen LogP contribution in [0.3, 0.4) is 0 Å². The van der Waals surface area contributed by atoms with Crippen molar-refractivity contribution in [3.8, 4) is 0 Å². The van der Waals surface area contributed by atoms with E-state index in [-0.39, 0.29) is 30.3 Å². The second-order valence-electron chi connectivity index (χ2n) is 6.66. The summed E-state index contributed by atoms with van der Waals surface area (Å²) in [6, 6.07) is 5.91. The van der Waals surface area contributed by atoms with Crippen LogP contribution in [0.2, 0.25) is 0 Å². The molecular formula is C19H29N3O2. The molecule has 0 radical (unpaired) electrons. The van der Waals surface area contributed by atoms with Gasteiger partial charge in [-0.05, 0) is 29.9 Å². The fraction of sp³-hybridized carbons (Fsp3) is 0.579. The molecule has 1 aromatic rings. The lowest BCUT2D eigenvalue weighted by Crippen LogP contribution is -2.58. The van der Waals surface area contributed by atoms with Gasteiger partial charge in [0.25, 0.3) is 0 Å². The van der Waals surface area contributed by atoms with Crippen LogP contribution in [0.1, 0.15) is 38.8 Å². The third-order valence-corrected chi connectivity index (χ3v) is 4.60. The maximum absolute atomic E-state index is 12.6.